The van der Waals surface area contributed by atoms with Gasteiger partial charge in [0.15, 0.2) is 0 Å². The molecular weight excluding hydrogens is 234 g/mol. The Morgan fingerprint density at radius 2 is 2.05 bits per heavy atom. The number of benzene rings is 1. The van der Waals surface area contributed by atoms with Crippen molar-refractivity contribution in [2.45, 2.75) is 45.2 Å². The highest BCUT2D eigenvalue weighted by Crippen LogP contribution is 2.35. The van der Waals surface area contributed by atoms with E-state index in [1.165, 1.54) is 23.2 Å². The average molecular weight is 255 g/mol. The minimum absolute atomic E-state index is 0.0386. The van der Waals surface area contributed by atoms with E-state index in [1.54, 1.807) is 0 Å². The molecule has 0 saturated carbocycles. The van der Waals surface area contributed by atoms with Crippen LogP contribution in [0.15, 0.2) is 30.3 Å². The van der Waals surface area contributed by atoms with Crippen LogP contribution in [0.1, 0.15) is 47.4 Å². The summed E-state index contributed by atoms with van der Waals surface area (Å²) in [5, 5.41) is 4.64. The lowest BCUT2D eigenvalue weighted by molar-refractivity contribution is 0.355. The maximum absolute atomic E-state index is 6.54. The molecule has 1 aliphatic carbocycles. The van der Waals surface area contributed by atoms with E-state index in [0.717, 1.165) is 18.5 Å². The molecule has 100 valence electrons. The molecule has 1 aromatic carbocycles. The molecule has 3 rings (SSSR count). The predicted octanol–water partition coefficient (Wildman–Crippen LogP) is 3.08. The van der Waals surface area contributed by atoms with Gasteiger partial charge in [0, 0.05) is 5.69 Å². The molecule has 0 bridgehead atoms. The minimum Gasteiger partial charge on any atom is -0.322 e. The van der Waals surface area contributed by atoms with Gasteiger partial charge in [0.25, 0.3) is 0 Å². The standard InChI is InChI=1S/C16H21N3/c1-11-10-12(2)19(18-11)15-9-5-7-13-6-3-4-8-14(13)16(15)17/h3-4,6,8,10,15-16H,5,7,9,17H2,1-2H3. The Morgan fingerprint density at radius 3 is 2.79 bits per heavy atom. The highest BCUT2D eigenvalue weighted by molar-refractivity contribution is 5.32. The summed E-state index contributed by atoms with van der Waals surface area (Å²) < 4.78 is 2.13. The molecule has 2 atom stereocenters. The van der Waals surface area contributed by atoms with Gasteiger partial charge in [-0.2, -0.15) is 5.10 Å². The topological polar surface area (TPSA) is 43.8 Å². The molecule has 0 spiro atoms. The van der Waals surface area contributed by atoms with E-state index in [4.69, 9.17) is 5.73 Å². The molecule has 0 aliphatic heterocycles. The lowest BCUT2D eigenvalue weighted by Gasteiger charge is -2.24. The van der Waals surface area contributed by atoms with Crippen LogP contribution in [-0.4, -0.2) is 9.78 Å². The van der Waals surface area contributed by atoms with Crippen LogP contribution in [0.25, 0.3) is 0 Å². The van der Waals surface area contributed by atoms with E-state index in [-0.39, 0.29) is 12.1 Å². The Hall–Kier alpha value is -1.61. The van der Waals surface area contributed by atoms with Crippen molar-refractivity contribution in [2.24, 2.45) is 5.73 Å². The van der Waals surface area contributed by atoms with Crippen molar-refractivity contribution in [1.29, 1.82) is 0 Å². The fourth-order valence-corrected chi connectivity index (χ4v) is 3.23. The van der Waals surface area contributed by atoms with Crippen LogP contribution >= 0.6 is 0 Å². The van der Waals surface area contributed by atoms with Crippen LogP contribution < -0.4 is 5.73 Å². The van der Waals surface area contributed by atoms with Crippen LogP contribution in [0.4, 0.5) is 0 Å². The summed E-state index contributed by atoms with van der Waals surface area (Å²) in [6.07, 6.45) is 3.39. The van der Waals surface area contributed by atoms with E-state index in [2.05, 4.69) is 47.0 Å². The van der Waals surface area contributed by atoms with Crippen molar-refractivity contribution in [3.63, 3.8) is 0 Å². The zero-order valence-electron chi connectivity index (χ0n) is 11.6. The van der Waals surface area contributed by atoms with Crippen molar-refractivity contribution >= 4 is 0 Å². The first-order valence-electron chi connectivity index (χ1n) is 7.03. The normalized spacial score (nSPS) is 22.9. The summed E-state index contributed by atoms with van der Waals surface area (Å²) in [6, 6.07) is 11.0. The van der Waals surface area contributed by atoms with E-state index in [0.29, 0.717) is 0 Å². The number of aryl methyl sites for hydroxylation is 3. The monoisotopic (exact) mass is 255 g/mol. The second-order valence-electron chi connectivity index (χ2n) is 5.56. The molecule has 3 heteroatoms. The Balaban J connectivity index is 2.02. The smallest absolute Gasteiger partial charge is 0.0715 e. The number of hydrogen-bond donors (Lipinski definition) is 1. The molecule has 2 aromatic rings. The summed E-state index contributed by atoms with van der Waals surface area (Å²) in [5.74, 6) is 0. The molecule has 0 amide bonds. The van der Waals surface area contributed by atoms with Gasteiger partial charge in [-0.15, -0.1) is 0 Å². The highest BCUT2D eigenvalue weighted by atomic mass is 15.3. The Morgan fingerprint density at radius 1 is 1.26 bits per heavy atom. The van der Waals surface area contributed by atoms with Gasteiger partial charge in [-0.25, -0.2) is 0 Å². The summed E-state index contributed by atoms with van der Waals surface area (Å²) in [5.41, 5.74) is 11.5. The number of nitrogens with two attached hydrogens (primary N) is 1. The number of hydrogen-bond acceptors (Lipinski definition) is 2. The summed E-state index contributed by atoms with van der Waals surface area (Å²) in [6.45, 7) is 4.16. The van der Waals surface area contributed by atoms with Crippen molar-refractivity contribution in [3.8, 4) is 0 Å². The fraction of sp³-hybridized carbons (Fsp3) is 0.438. The Kier molecular flexibility index (Phi) is 3.15. The highest BCUT2D eigenvalue weighted by Gasteiger charge is 2.27. The van der Waals surface area contributed by atoms with Gasteiger partial charge in [-0.05, 0) is 50.3 Å². The molecule has 1 aromatic heterocycles. The average Bonchev–Trinajstić information content (AvgIpc) is 2.64. The van der Waals surface area contributed by atoms with E-state index in [1.807, 2.05) is 6.92 Å². The van der Waals surface area contributed by atoms with Gasteiger partial charge in [0.05, 0.1) is 17.8 Å². The van der Waals surface area contributed by atoms with Crippen molar-refractivity contribution in [2.75, 3.05) is 0 Å². The Bertz CT molecular complexity index is 585. The van der Waals surface area contributed by atoms with Crippen LogP contribution in [0.3, 0.4) is 0 Å². The first kappa shape index (κ1) is 12.4. The second kappa shape index (κ2) is 4.82. The van der Waals surface area contributed by atoms with Gasteiger partial charge in [-0.1, -0.05) is 24.3 Å². The molecule has 1 heterocycles. The number of nitrogens with zero attached hydrogens (tertiary/aromatic N) is 2. The van der Waals surface area contributed by atoms with Gasteiger partial charge < -0.3 is 5.73 Å². The molecule has 3 nitrogen and oxygen atoms in total. The molecule has 2 unspecified atom stereocenters. The van der Waals surface area contributed by atoms with Crippen LogP contribution in [-0.2, 0) is 6.42 Å². The molecule has 0 radical (unpaired) electrons. The van der Waals surface area contributed by atoms with E-state index < -0.39 is 0 Å². The predicted molar refractivity (Wildman–Crippen MR) is 77.0 cm³/mol. The van der Waals surface area contributed by atoms with Gasteiger partial charge in [0.1, 0.15) is 0 Å². The van der Waals surface area contributed by atoms with E-state index in [9.17, 15) is 0 Å². The maximum Gasteiger partial charge on any atom is 0.0715 e. The SMILES string of the molecule is Cc1cc(C)n(C2CCCc3ccccc3C2N)n1. The third kappa shape index (κ3) is 2.19. The quantitative estimate of drug-likeness (QED) is 0.796. The van der Waals surface area contributed by atoms with Gasteiger partial charge in [0.2, 0.25) is 0 Å². The van der Waals surface area contributed by atoms with Gasteiger partial charge >= 0.3 is 0 Å². The first-order valence-corrected chi connectivity index (χ1v) is 7.03. The number of rotatable bonds is 1. The van der Waals surface area contributed by atoms with Crippen molar-refractivity contribution < 1.29 is 0 Å². The fourth-order valence-electron chi connectivity index (χ4n) is 3.23. The lowest BCUT2D eigenvalue weighted by Crippen LogP contribution is -2.25. The summed E-state index contributed by atoms with van der Waals surface area (Å²) >= 11 is 0. The largest absolute Gasteiger partial charge is 0.322 e. The molecular formula is C16H21N3. The van der Waals surface area contributed by atoms with Crippen molar-refractivity contribution in [3.05, 3.63) is 52.8 Å². The molecule has 2 N–H and O–H groups in total. The molecule has 0 fully saturated rings. The molecule has 19 heavy (non-hydrogen) atoms. The summed E-state index contributed by atoms with van der Waals surface area (Å²) in [4.78, 5) is 0. The van der Waals surface area contributed by atoms with Crippen LogP contribution in [0.2, 0.25) is 0 Å². The molecule has 0 saturated heterocycles. The summed E-state index contributed by atoms with van der Waals surface area (Å²) in [7, 11) is 0. The van der Waals surface area contributed by atoms with Crippen LogP contribution in [0, 0.1) is 13.8 Å². The Labute approximate surface area is 114 Å². The number of aromatic nitrogens is 2. The van der Waals surface area contributed by atoms with Crippen molar-refractivity contribution in [1.82, 2.24) is 9.78 Å². The third-order valence-corrected chi connectivity index (χ3v) is 4.13. The third-order valence-electron chi connectivity index (χ3n) is 4.13. The van der Waals surface area contributed by atoms with E-state index >= 15 is 0 Å². The second-order valence-corrected chi connectivity index (χ2v) is 5.56. The number of fused-ring (bicyclic) bond motifs is 1. The molecule has 1 aliphatic rings. The maximum atomic E-state index is 6.54. The lowest BCUT2D eigenvalue weighted by atomic mass is 9.97. The zero-order valence-corrected chi connectivity index (χ0v) is 11.6. The van der Waals surface area contributed by atoms with Crippen LogP contribution in [0.5, 0.6) is 0 Å². The van der Waals surface area contributed by atoms with Gasteiger partial charge in [-0.3, -0.25) is 4.68 Å². The minimum atomic E-state index is 0.0386. The zero-order chi connectivity index (χ0) is 13.4. The first-order chi connectivity index (χ1) is 9.16.